The van der Waals surface area contributed by atoms with E-state index in [1.807, 2.05) is 46.5 Å². The molecular formula is C40H42N10O2. The quantitative estimate of drug-likeness (QED) is 0.161. The van der Waals surface area contributed by atoms with Gasteiger partial charge in [0, 0.05) is 72.6 Å². The number of hydrogen-bond donors (Lipinski definition) is 1. The van der Waals surface area contributed by atoms with Gasteiger partial charge in [-0.05, 0) is 44.5 Å². The predicted octanol–water partition coefficient (Wildman–Crippen LogP) is 4.97. The summed E-state index contributed by atoms with van der Waals surface area (Å²) in [6, 6.07) is 20.4. The van der Waals surface area contributed by atoms with Crippen LogP contribution in [0.1, 0.15) is 59.2 Å². The zero-order chi connectivity index (χ0) is 36.2. The van der Waals surface area contributed by atoms with Crippen LogP contribution in [-0.4, -0.2) is 78.4 Å². The summed E-state index contributed by atoms with van der Waals surface area (Å²) in [5.41, 5.74) is 5.86. The number of carbonyl (C=O) groups excluding carboxylic acids is 1. The monoisotopic (exact) mass is 694 g/mol. The molecule has 12 heteroatoms. The number of terminal acetylenes is 2. The molecule has 52 heavy (non-hydrogen) atoms. The number of aromatic nitrogens is 6. The van der Waals surface area contributed by atoms with E-state index in [0.717, 1.165) is 59.1 Å². The molecule has 0 saturated carbocycles. The number of benzene rings is 3. The summed E-state index contributed by atoms with van der Waals surface area (Å²) in [4.78, 5) is 20.7. The number of ether oxygens (including phenoxy) is 1. The molecule has 2 aromatic heterocycles. The van der Waals surface area contributed by atoms with Gasteiger partial charge in [-0.3, -0.25) is 19.1 Å². The number of rotatable bonds is 14. The zero-order valence-electron chi connectivity index (χ0n) is 29.8. The van der Waals surface area contributed by atoms with Gasteiger partial charge in [-0.25, -0.2) is 0 Å². The van der Waals surface area contributed by atoms with Crippen molar-refractivity contribution in [3.05, 3.63) is 107 Å². The molecule has 1 unspecified atom stereocenters. The Bertz CT molecular complexity index is 2150. The maximum Gasteiger partial charge on any atom is 0.255 e. The lowest BCUT2D eigenvalue weighted by Gasteiger charge is -2.44. The molecule has 12 nitrogen and oxygen atoms in total. The highest BCUT2D eigenvalue weighted by Crippen LogP contribution is 2.58. The van der Waals surface area contributed by atoms with Crippen molar-refractivity contribution < 1.29 is 9.53 Å². The molecule has 0 fully saturated rings. The third-order valence-electron chi connectivity index (χ3n) is 9.72. The average Bonchev–Trinajstić information content (AvgIpc) is 3.86. The van der Waals surface area contributed by atoms with Crippen LogP contribution in [0.3, 0.4) is 0 Å². The minimum atomic E-state index is -0.962. The van der Waals surface area contributed by atoms with Crippen molar-refractivity contribution in [1.29, 1.82) is 0 Å². The van der Waals surface area contributed by atoms with Gasteiger partial charge in [0.1, 0.15) is 22.7 Å². The first-order valence-corrected chi connectivity index (χ1v) is 17.7. The molecule has 2 aliphatic heterocycles. The molecule has 7 rings (SSSR count). The topological polar surface area (TPSA) is 109 Å². The van der Waals surface area contributed by atoms with Crippen LogP contribution in [0.2, 0.25) is 0 Å². The van der Waals surface area contributed by atoms with Gasteiger partial charge >= 0.3 is 0 Å². The maximum absolute atomic E-state index is 14.6. The Labute approximate surface area is 304 Å². The summed E-state index contributed by atoms with van der Waals surface area (Å²) >= 11 is 0. The number of anilines is 2. The summed E-state index contributed by atoms with van der Waals surface area (Å²) in [6.45, 7) is 11.5. The normalized spacial score (nSPS) is 15.5. The molecule has 264 valence electrons. The number of amides is 1. The van der Waals surface area contributed by atoms with Gasteiger partial charge in [0.05, 0.1) is 44.6 Å². The van der Waals surface area contributed by atoms with Crippen LogP contribution in [0.25, 0.3) is 0 Å². The number of nitrogens with one attached hydrogen (secondary N) is 1. The highest BCUT2D eigenvalue weighted by Gasteiger charge is 2.56. The Morgan fingerprint density at radius 3 is 2.17 bits per heavy atom. The van der Waals surface area contributed by atoms with Crippen molar-refractivity contribution in [3.63, 3.8) is 0 Å². The molecule has 5 aromatic rings. The van der Waals surface area contributed by atoms with E-state index in [-0.39, 0.29) is 12.5 Å². The predicted molar refractivity (Wildman–Crippen MR) is 200 cm³/mol. The number of fused-ring (bicyclic) bond motifs is 6. The second-order valence-corrected chi connectivity index (χ2v) is 12.8. The van der Waals surface area contributed by atoms with E-state index in [9.17, 15) is 4.79 Å². The lowest BCUT2D eigenvalue weighted by atomic mass is 9.74. The molecule has 0 saturated heterocycles. The smallest absolute Gasteiger partial charge is 0.255 e. The molecule has 0 bridgehead atoms. The van der Waals surface area contributed by atoms with Gasteiger partial charge in [-0.2, -0.15) is 0 Å². The lowest BCUT2D eigenvalue weighted by Crippen LogP contribution is -2.47. The molecule has 0 aliphatic carbocycles. The third kappa shape index (κ3) is 6.12. The molecule has 0 radical (unpaired) electrons. The first-order chi connectivity index (χ1) is 25.4. The van der Waals surface area contributed by atoms with Crippen LogP contribution in [0, 0.1) is 24.7 Å². The molecule has 1 amide bonds. The second-order valence-electron chi connectivity index (χ2n) is 12.8. The van der Waals surface area contributed by atoms with E-state index in [0.29, 0.717) is 49.7 Å². The SMILES string of the molecule is C#CCN(CC#C)Cc1cn(CCn2cc(CN3C(=O)c4ccccc4C34c3ccc(NCC)cc3Oc3cc(N(CC)CC)ccc34)nn2)nn1. The van der Waals surface area contributed by atoms with Crippen LogP contribution in [0.5, 0.6) is 11.5 Å². The Kier molecular flexibility index (Phi) is 9.66. The Morgan fingerprint density at radius 2 is 1.48 bits per heavy atom. The Morgan fingerprint density at radius 1 is 0.827 bits per heavy atom. The molecule has 1 N–H and O–H groups in total. The van der Waals surface area contributed by atoms with E-state index in [1.165, 1.54) is 0 Å². The Hall–Kier alpha value is -6.11. The molecule has 1 spiro atoms. The van der Waals surface area contributed by atoms with Gasteiger partial charge < -0.3 is 19.9 Å². The van der Waals surface area contributed by atoms with Gasteiger partial charge in [0.2, 0.25) is 0 Å². The molecule has 3 aromatic carbocycles. The number of hydrogen-bond acceptors (Lipinski definition) is 9. The molecule has 2 aliphatic rings. The third-order valence-corrected chi connectivity index (χ3v) is 9.72. The van der Waals surface area contributed by atoms with Crippen molar-refractivity contribution in [1.82, 2.24) is 39.8 Å². The Balaban J connectivity index is 1.22. The minimum Gasteiger partial charge on any atom is -0.456 e. The highest BCUT2D eigenvalue weighted by molar-refractivity contribution is 6.02. The highest BCUT2D eigenvalue weighted by atomic mass is 16.5. The maximum atomic E-state index is 14.6. The second kappa shape index (κ2) is 14.6. The summed E-state index contributed by atoms with van der Waals surface area (Å²) in [7, 11) is 0. The van der Waals surface area contributed by atoms with Crippen molar-refractivity contribution in [2.45, 2.75) is 52.5 Å². The first kappa shape index (κ1) is 34.3. The van der Waals surface area contributed by atoms with Crippen LogP contribution in [0.15, 0.2) is 73.1 Å². The van der Waals surface area contributed by atoms with Gasteiger partial charge in [0.15, 0.2) is 0 Å². The fraction of sp³-hybridized carbons (Fsp3) is 0.325. The van der Waals surface area contributed by atoms with E-state index in [4.69, 9.17) is 17.6 Å². The number of aryl methyl sites for hydroxylation is 2. The van der Waals surface area contributed by atoms with E-state index in [1.54, 1.807) is 9.36 Å². The van der Waals surface area contributed by atoms with Crippen molar-refractivity contribution >= 4 is 17.3 Å². The summed E-state index contributed by atoms with van der Waals surface area (Å²) in [5.74, 6) is 6.61. The van der Waals surface area contributed by atoms with Gasteiger partial charge in [-0.1, -0.05) is 52.6 Å². The van der Waals surface area contributed by atoms with Crippen molar-refractivity contribution in [2.24, 2.45) is 0 Å². The number of nitrogens with zero attached hydrogens (tertiary/aromatic N) is 9. The van der Waals surface area contributed by atoms with Crippen molar-refractivity contribution in [2.75, 3.05) is 42.9 Å². The lowest BCUT2D eigenvalue weighted by molar-refractivity contribution is 0.0642. The molecule has 4 heterocycles. The van der Waals surface area contributed by atoms with E-state index in [2.05, 4.69) is 99.9 Å². The van der Waals surface area contributed by atoms with Crippen LogP contribution < -0.4 is 15.0 Å². The zero-order valence-corrected chi connectivity index (χ0v) is 29.8. The fourth-order valence-corrected chi connectivity index (χ4v) is 7.43. The van der Waals surface area contributed by atoms with Gasteiger partial charge in [0.25, 0.3) is 5.91 Å². The number of carbonyl (C=O) groups is 1. The summed E-state index contributed by atoms with van der Waals surface area (Å²) < 4.78 is 10.3. The van der Waals surface area contributed by atoms with Crippen LogP contribution >= 0.6 is 0 Å². The van der Waals surface area contributed by atoms with Crippen LogP contribution in [-0.2, 0) is 31.7 Å². The summed E-state index contributed by atoms with van der Waals surface area (Å²) in [6.07, 6.45) is 14.8. The van der Waals surface area contributed by atoms with Gasteiger partial charge in [-0.15, -0.1) is 23.0 Å². The molecular weight excluding hydrogens is 653 g/mol. The largest absolute Gasteiger partial charge is 0.456 e. The first-order valence-electron chi connectivity index (χ1n) is 17.7. The minimum absolute atomic E-state index is 0.0774. The fourth-order valence-electron chi connectivity index (χ4n) is 7.43. The van der Waals surface area contributed by atoms with E-state index < -0.39 is 5.54 Å². The van der Waals surface area contributed by atoms with Crippen LogP contribution in [0.4, 0.5) is 11.4 Å². The standard InChI is InChI=1S/C40H42N10O2/c1-6-19-46(20-7-2)25-30-26-48(44-42-30)21-22-49-27-31(43-45-49)28-50-39(51)33-13-11-12-14-34(33)40(50)35-17-15-29(41-8-3)23-37(35)52-38-24-32(16-18-36(38)40)47(9-4)10-5/h1-2,11-18,23-24,26-27,41H,8-10,19-22,25,28H2,3-5H3. The van der Waals surface area contributed by atoms with Crippen molar-refractivity contribution in [3.8, 4) is 36.2 Å². The molecule has 1 atom stereocenters. The average molecular weight is 695 g/mol. The van der Waals surface area contributed by atoms with E-state index >= 15 is 0 Å². The summed E-state index contributed by atoms with van der Waals surface area (Å²) in [5, 5.41) is 21.0.